The molecule has 54 heavy (non-hydrogen) atoms. The zero-order chi connectivity index (χ0) is 39.7. The fraction of sp³-hybridized carbons (Fsp3) is 0.659. The van der Waals surface area contributed by atoms with Crippen LogP contribution in [0.3, 0.4) is 0 Å². The summed E-state index contributed by atoms with van der Waals surface area (Å²) in [5, 5.41) is 14.1. The number of nitrogens with zero attached hydrogens (tertiary/aromatic N) is 1. The van der Waals surface area contributed by atoms with Gasteiger partial charge < -0.3 is 36.2 Å². The van der Waals surface area contributed by atoms with E-state index < -0.39 is 64.8 Å². The number of hydrogen-bond donors (Lipinski definition) is 5. The quantitative estimate of drug-likeness (QED) is 0.143. The van der Waals surface area contributed by atoms with Crippen molar-refractivity contribution in [2.75, 3.05) is 19.7 Å². The van der Waals surface area contributed by atoms with Crippen LogP contribution in [-0.2, 0) is 36.8 Å². The Hall–Kier alpha value is -4.42. The van der Waals surface area contributed by atoms with Crippen molar-refractivity contribution in [3.05, 3.63) is 48.0 Å². The van der Waals surface area contributed by atoms with Gasteiger partial charge in [-0.25, -0.2) is 9.59 Å². The van der Waals surface area contributed by atoms with Gasteiger partial charge in [0.05, 0.1) is 12.1 Å². The van der Waals surface area contributed by atoms with Gasteiger partial charge in [0.2, 0.25) is 17.6 Å². The van der Waals surface area contributed by atoms with Crippen LogP contribution in [0, 0.1) is 34.5 Å². The molecular formula is C41H60N6O7. The molecule has 1 saturated heterocycles. The van der Waals surface area contributed by atoms with E-state index in [0.717, 1.165) is 24.0 Å². The molecule has 5 rings (SSSR count). The lowest BCUT2D eigenvalue weighted by Crippen LogP contribution is -2.61. The number of benzene rings is 1. The van der Waals surface area contributed by atoms with Crippen molar-refractivity contribution in [3.8, 4) is 0 Å². The summed E-state index contributed by atoms with van der Waals surface area (Å²) in [6, 6.07) is 3.91. The molecule has 1 aromatic carbocycles. The molecule has 13 heteroatoms. The summed E-state index contributed by atoms with van der Waals surface area (Å²) in [6.45, 7) is 19.4. The average molecular weight is 749 g/mol. The Balaban J connectivity index is 1.37. The summed E-state index contributed by atoms with van der Waals surface area (Å²) < 4.78 is 5.50. The highest BCUT2D eigenvalue weighted by molar-refractivity contribution is 6.38. The third-order valence-electron chi connectivity index (χ3n) is 11.6. The van der Waals surface area contributed by atoms with Crippen LogP contribution in [0.15, 0.2) is 36.9 Å². The highest BCUT2D eigenvalue weighted by Crippen LogP contribution is 2.65. The highest BCUT2D eigenvalue weighted by atomic mass is 16.5. The number of Topliss-reactive ketones (excluding diaryl/α,β-unsaturated/α-hetero) is 1. The molecule has 296 valence electrons. The number of rotatable bonds is 14. The van der Waals surface area contributed by atoms with Gasteiger partial charge in [-0.15, -0.1) is 6.58 Å². The molecule has 3 fully saturated rings. The minimum atomic E-state index is -1.02. The Morgan fingerprint density at radius 1 is 0.963 bits per heavy atom. The van der Waals surface area contributed by atoms with Crippen molar-refractivity contribution in [3.63, 3.8) is 0 Å². The number of nitrogens with one attached hydrogen (secondary N) is 5. The predicted octanol–water partition coefficient (Wildman–Crippen LogP) is 3.65. The number of likely N-dealkylation sites (tertiary alicyclic amines) is 1. The lowest BCUT2D eigenvalue weighted by molar-refractivity contribution is -0.144. The van der Waals surface area contributed by atoms with E-state index in [1.807, 2.05) is 65.8 Å². The maximum absolute atomic E-state index is 14.9. The molecule has 6 amide bonds. The normalized spacial score (nSPS) is 23.1. The van der Waals surface area contributed by atoms with Crippen molar-refractivity contribution in [1.29, 1.82) is 0 Å². The molecular weight excluding hydrogens is 688 g/mol. The molecule has 0 bridgehead atoms. The van der Waals surface area contributed by atoms with E-state index in [1.54, 1.807) is 4.90 Å². The first kappa shape index (κ1) is 40.8. The molecule has 3 aliphatic carbocycles. The minimum Gasteiger partial charge on any atom is -0.447 e. The number of amides is 6. The van der Waals surface area contributed by atoms with E-state index in [4.69, 9.17) is 4.74 Å². The molecule has 5 N–H and O–H groups in total. The number of urea groups is 1. The first-order valence-corrected chi connectivity index (χ1v) is 19.3. The molecule has 0 spiro atoms. The lowest BCUT2D eigenvalue weighted by atomic mass is 9.87. The van der Waals surface area contributed by atoms with Crippen LogP contribution >= 0.6 is 0 Å². The number of alkyl carbamates (subject to hydrolysis) is 1. The average Bonchev–Trinajstić information content (AvgIpc) is 3.83. The monoisotopic (exact) mass is 748 g/mol. The van der Waals surface area contributed by atoms with Crippen molar-refractivity contribution in [1.82, 2.24) is 31.5 Å². The van der Waals surface area contributed by atoms with Crippen LogP contribution in [0.1, 0.15) is 85.8 Å². The zero-order valence-electron chi connectivity index (χ0n) is 33.2. The second-order valence-electron chi connectivity index (χ2n) is 18.4. The van der Waals surface area contributed by atoms with Crippen LogP contribution in [0.2, 0.25) is 0 Å². The topological polar surface area (TPSA) is 175 Å². The Kier molecular flexibility index (Phi) is 11.9. The zero-order valence-corrected chi connectivity index (χ0v) is 33.2. The number of fused-ring (bicyclic) bond motifs is 2. The molecule has 4 aliphatic rings. The van der Waals surface area contributed by atoms with Crippen LogP contribution in [0.4, 0.5) is 9.59 Å². The number of carbonyl (C=O) groups is 6. The van der Waals surface area contributed by atoms with Crippen LogP contribution in [0.25, 0.3) is 0 Å². The third-order valence-corrected chi connectivity index (χ3v) is 11.6. The van der Waals surface area contributed by atoms with Gasteiger partial charge in [-0.3, -0.25) is 19.2 Å². The molecule has 2 saturated carbocycles. The van der Waals surface area contributed by atoms with Gasteiger partial charge in [-0.05, 0) is 85.7 Å². The number of ether oxygens (including phenoxy) is 1. The van der Waals surface area contributed by atoms with E-state index in [1.165, 1.54) is 6.08 Å². The molecule has 13 nitrogen and oxygen atoms in total. The van der Waals surface area contributed by atoms with Crippen molar-refractivity contribution in [2.45, 2.75) is 117 Å². The molecule has 6 atom stereocenters. The Labute approximate surface area is 319 Å². The maximum Gasteiger partial charge on any atom is 0.407 e. The SMILES string of the molecule is C=CCNC(=O)C(=O)C(CC1CC1)NC(=O)[C@@H]1[C@@H]2[C@H](CN1C(=O)[C@@H](NC(=O)N[C@H](COC(=O)NC(C)(C)C)C(C)(C)C)C1Cc3ccccc3C1)C2(C)C. The van der Waals surface area contributed by atoms with E-state index >= 15 is 0 Å². The summed E-state index contributed by atoms with van der Waals surface area (Å²) in [5.74, 6) is -2.46. The molecule has 1 heterocycles. The van der Waals surface area contributed by atoms with Gasteiger partial charge in [0, 0.05) is 18.6 Å². The van der Waals surface area contributed by atoms with E-state index in [2.05, 4.69) is 47.0 Å². The molecule has 1 unspecified atom stereocenters. The van der Waals surface area contributed by atoms with Crippen molar-refractivity contribution >= 4 is 35.6 Å². The minimum absolute atomic E-state index is 0.0580. The second-order valence-corrected chi connectivity index (χ2v) is 18.4. The molecule has 0 radical (unpaired) electrons. The smallest absolute Gasteiger partial charge is 0.407 e. The Bertz CT molecular complexity index is 1620. The van der Waals surface area contributed by atoms with E-state index in [0.29, 0.717) is 25.8 Å². The van der Waals surface area contributed by atoms with E-state index in [-0.39, 0.29) is 48.1 Å². The van der Waals surface area contributed by atoms with Crippen molar-refractivity contribution < 1.29 is 33.5 Å². The maximum atomic E-state index is 14.9. The molecule has 1 aromatic rings. The summed E-state index contributed by atoms with van der Waals surface area (Å²) in [7, 11) is 0. The summed E-state index contributed by atoms with van der Waals surface area (Å²) in [4.78, 5) is 83.1. The van der Waals surface area contributed by atoms with Gasteiger partial charge in [-0.2, -0.15) is 0 Å². The van der Waals surface area contributed by atoms with Crippen LogP contribution in [0.5, 0.6) is 0 Å². The lowest BCUT2D eigenvalue weighted by Gasteiger charge is -2.36. The highest BCUT2D eigenvalue weighted by Gasteiger charge is 2.70. The fourth-order valence-corrected chi connectivity index (χ4v) is 8.14. The number of ketones is 1. The summed E-state index contributed by atoms with van der Waals surface area (Å²) in [6.07, 6.45) is 4.20. The number of hydrogen-bond acceptors (Lipinski definition) is 7. The number of piperidine rings is 1. The van der Waals surface area contributed by atoms with Gasteiger partial charge in [0.25, 0.3) is 5.91 Å². The molecule has 1 aliphatic heterocycles. The number of carbonyl (C=O) groups excluding carboxylic acids is 6. The predicted molar refractivity (Wildman–Crippen MR) is 204 cm³/mol. The van der Waals surface area contributed by atoms with Gasteiger partial charge in [0.15, 0.2) is 0 Å². The van der Waals surface area contributed by atoms with E-state index in [9.17, 15) is 28.8 Å². The van der Waals surface area contributed by atoms with Gasteiger partial charge in [0.1, 0.15) is 18.7 Å². The van der Waals surface area contributed by atoms with Crippen LogP contribution in [-0.4, -0.2) is 89.9 Å². The van der Waals surface area contributed by atoms with Crippen molar-refractivity contribution in [2.24, 2.45) is 34.5 Å². The Morgan fingerprint density at radius 3 is 2.15 bits per heavy atom. The summed E-state index contributed by atoms with van der Waals surface area (Å²) in [5.41, 5.74) is 0.983. The first-order valence-electron chi connectivity index (χ1n) is 19.3. The first-order chi connectivity index (χ1) is 25.2. The molecule has 0 aromatic heterocycles. The third kappa shape index (κ3) is 9.62. The largest absolute Gasteiger partial charge is 0.447 e. The van der Waals surface area contributed by atoms with Gasteiger partial charge >= 0.3 is 12.1 Å². The second kappa shape index (κ2) is 15.7. The van der Waals surface area contributed by atoms with Crippen LogP contribution < -0.4 is 26.6 Å². The standard InChI is InChI=1S/C41H60N6O7/c1-10-17-42-35(50)33(48)28(18-23-15-16-23)43-34(49)32-30-27(41(30,8)9)21-47(32)36(51)31(26-19-24-13-11-12-14-25(24)20-26)45-37(52)44-29(39(2,3)4)22-54-38(53)46-40(5,6)7/h10-14,23,26-32H,1,15-22H2,2-9H3,(H,42,50)(H,43,49)(H,46,53)(H2,44,45,52)/t27-,28?,29+,30-,31-,32-/m0/s1. The Morgan fingerprint density at radius 2 is 1.59 bits per heavy atom. The van der Waals surface area contributed by atoms with Gasteiger partial charge in [-0.1, -0.05) is 77.8 Å². The summed E-state index contributed by atoms with van der Waals surface area (Å²) >= 11 is 0. The fourth-order valence-electron chi connectivity index (χ4n) is 8.14.